The summed E-state index contributed by atoms with van der Waals surface area (Å²) >= 11 is 0. The van der Waals surface area contributed by atoms with E-state index in [1.807, 2.05) is 21.1 Å². The van der Waals surface area contributed by atoms with Crippen molar-refractivity contribution in [2.24, 2.45) is 0 Å². The Hall–Kier alpha value is -2.49. The zero-order valence-electron chi connectivity index (χ0n) is 59.4. The molecule has 0 saturated heterocycles. The van der Waals surface area contributed by atoms with E-state index in [1.165, 1.54) is 302 Å². The van der Waals surface area contributed by atoms with Gasteiger partial charge in [-0.2, -0.15) is 0 Å². The number of carboxylic acids is 1. The molecule has 0 bridgehead atoms. The topological polar surface area (TPSA) is 111 Å². The fourth-order valence-corrected chi connectivity index (χ4v) is 11.7. The molecule has 0 aliphatic rings. The van der Waals surface area contributed by atoms with Gasteiger partial charge in [0.2, 0.25) is 0 Å². The number of quaternary nitrogens is 1. The van der Waals surface area contributed by atoms with E-state index < -0.39 is 24.3 Å². The summed E-state index contributed by atoms with van der Waals surface area (Å²) in [7, 11) is 5.94. The van der Waals surface area contributed by atoms with Gasteiger partial charge in [-0.05, 0) is 51.4 Å². The summed E-state index contributed by atoms with van der Waals surface area (Å²) in [5.74, 6) is -2.27. The van der Waals surface area contributed by atoms with Crippen LogP contribution >= 0.6 is 0 Å². The Labute approximate surface area is 547 Å². The number of likely N-dealkylation sites (N-methyl/N-ethyl adjacent to an activating group) is 1. The highest BCUT2D eigenvalue weighted by Crippen LogP contribution is 2.20. The normalized spacial score (nSPS) is 12.8. The second-order valence-electron chi connectivity index (χ2n) is 27.7. The molecule has 0 N–H and O–H groups in total. The van der Waals surface area contributed by atoms with Crippen LogP contribution in [0.5, 0.6) is 0 Å². The summed E-state index contributed by atoms with van der Waals surface area (Å²) in [6.07, 6.45) is 87.0. The summed E-state index contributed by atoms with van der Waals surface area (Å²) in [6.45, 7) is 4.79. The van der Waals surface area contributed by atoms with Crippen molar-refractivity contribution >= 4 is 17.9 Å². The summed E-state index contributed by atoms with van der Waals surface area (Å²) in [5.41, 5.74) is 0. The van der Waals surface area contributed by atoms with E-state index in [0.29, 0.717) is 23.9 Å². The molecule has 0 aromatic rings. The molecule has 0 rings (SSSR count). The van der Waals surface area contributed by atoms with Crippen molar-refractivity contribution in [1.29, 1.82) is 0 Å². The number of nitrogens with zero attached hydrogens (tertiary/aromatic N) is 1. The smallest absolute Gasteiger partial charge is 0.306 e. The number of hydrogen-bond donors (Lipinski definition) is 0. The molecule has 0 heterocycles. The van der Waals surface area contributed by atoms with E-state index in [2.05, 4.69) is 50.3 Å². The lowest BCUT2D eigenvalue weighted by Gasteiger charge is -2.26. The number of rotatable bonds is 73. The number of carboxylic acid groups (broad SMARTS) is 1. The zero-order chi connectivity index (χ0) is 64.0. The van der Waals surface area contributed by atoms with Crippen LogP contribution in [0.25, 0.3) is 0 Å². The van der Waals surface area contributed by atoms with E-state index in [1.54, 1.807) is 0 Å². The summed E-state index contributed by atoms with van der Waals surface area (Å²) in [6, 6.07) is 0. The Bertz CT molecular complexity index is 1540. The van der Waals surface area contributed by atoms with Gasteiger partial charge in [0.1, 0.15) is 13.2 Å². The highest BCUT2D eigenvalue weighted by Gasteiger charge is 2.22. The fourth-order valence-electron chi connectivity index (χ4n) is 11.7. The van der Waals surface area contributed by atoms with Gasteiger partial charge < -0.3 is 33.3 Å². The average molecular weight is 1240 g/mol. The van der Waals surface area contributed by atoms with E-state index in [9.17, 15) is 19.5 Å². The zero-order valence-corrected chi connectivity index (χ0v) is 59.4. The molecule has 0 aliphatic heterocycles. The molecule has 0 saturated carbocycles. The van der Waals surface area contributed by atoms with Crippen molar-refractivity contribution in [2.45, 2.75) is 405 Å². The minimum atomic E-state index is -1.62. The molecule has 518 valence electrons. The van der Waals surface area contributed by atoms with Gasteiger partial charge in [-0.3, -0.25) is 9.59 Å². The van der Waals surface area contributed by atoms with Gasteiger partial charge in [0.15, 0.2) is 12.4 Å². The SMILES string of the molecule is CCCCCCC/C=C\C/C=C\C/C=C\CCCCCCCCCCC(=O)OC(COC(=O)CCCCCCCCCCCCCCCCCCCCCCCCCCCCCCCCCCCCCCCCCC)COC(OCC[N+](C)(C)C)C(=O)[O-]. The van der Waals surface area contributed by atoms with E-state index in [4.69, 9.17) is 18.9 Å². The highest BCUT2D eigenvalue weighted by atomic mass is 16.7. The molecule has 88 heavy (non-hydrogen) atoms. The van der Waals surface area contributed by atoms with Crippen LogP contribution in [0.1, 0.15) is 393 Å². The number of carbonyl (C=O) groups is 3. The third-order valence-corrected chi connectivity index (χ3v) is 17.6. The van der Waals surface area contributed by atoms with Gasteiger partial charge in [0, 0.05) is 12.8 Å². The quantitative estimate of drug-likeness (QED) is 0.0195. The number of ether oxygens (including phenoxy) is 4. The van der Waals surface area contributed by atoms with Gasteiger partial charge in [-0.25, -0.2) is 0 Å². The second kappa shape index (κ2) is 70.4. The van der Waals surface area contributed by atoms with Crippen LogP contribution in [0.15, 0.2) is 36.5 Å². The molecule has 9 nitrogen and oxygen atoms in total. The van der Waals surface area contributed by atoms with Crippen LogP contribution in [0.2, 0.25) is 0 Å². The van der Waals surface area contributed by atoms with E-state index >= 15 is 0 Å². The Kier molecular flexibility index (Phi) is 68.4. The van der Waals surface area contributed by atoms with Gasteiger partial charge in [-0.15, -0.1) is 0 Å². The first-order chi connectivity index (χ1) is 43.1. The number of esters is 2. The fraction of sp³-hybridized carbons (Fsp3) is 0.886. The largest absolute Gasteiger partial charge is 0.545 e. The molecule has 9 heteroatoms. The number of carbonyl (C=O) groups excluding carboxylic acids is 3. The van der Waals surface area contributed by atoms with E-state index in [-0.39, 0.29) is 32.2 Å². The standard InChI is InChI=1S/C79H149NO8/c1-6-8-10-12-14-16-18-20-22-24-26-28-30-31-32-33-34-35-36-37-38-39-40-41-42-43-44-45-46-48-49-51-53-55-57-59-61-63-65-67-69-76(81)86-73-75(74-87-79(78(83)84)85-72-71-80(3,4)5)88-77(82)70-68-66-64-62-60-58-56-54-52-50-47-29-27-25-23-21-19-17-15-13-11-9-7-2/h19,21,25,27,47,50,75,79H,6-18,20,22-24,26,28-46,48-49,51-74H2,1-5H3/b21-19-,27-25-,50-47-. The van der Waals surface area contributed by atoms with E-state index in [0.717, 1.165) is 57.8 Å². The molecule has 2 unspecified atom stereocenters. The molecule has 0 spiro atoms. The molecule has 0 fully saturated rings. The maximum absolute atomic E-state index is 12.9. The maximum atomic E-state index is 12.9. The number of unbranched alkanes of at least 4 members (excludes halogenated alkanes) is 52. The van der Waals surface area contributed by atoms with Gasteiger partial charge in [0.25, 0.3) is 0 Å². The third-order valence-electron chi connectivity index (χ3n) is 17.6. The average Bonchev–Trinajstić information content (AvgIpc) is 3.51. The minimum Gasteiger partial charge on any atom is -0.545 e. The molecule has 0 aromatic heterocycles. The Morgan fingerprint density at radius 1 is 0.341 bits per heavy atom. The molecule has 0 aromatic carbocycles. The van der Waals surface area contributed by atoms with Crippen LogP contribution in [0, 0.1) is 0 Å². The summed E-state index contributed by atoms with van der Waals surface area (Å²) in [5, 5.41) is 11.8. The van der Waals surface area contributed by atoms with Crippen LogP contribution < -0.4 is 5.11 Å². The monoisotopic (exact) mass is 1240 g/mol. The number of hydrogen-bond acceptors (Lipinski definition) is 8. The van der Waals surface area contributed by atoms with Crippen molar-refractivity contribution in [1.82, 2.24) is 0 Å². The maximum Gasteiger partial charge on any atom is 0.306 e. The Balaban J connectivity index is 3.94. The van der Waals surface area contributed by atoms with Crippen molar-refractivity contribution in [3.8, 4) is 0 Å². The lowest BCUT2D eigenvalue weighted by molar-refractivity contribution is -0.870. The Morgan fingerprint density at radius 3 is 0.909 bits per heavy atom. The summed E-state index contributed by atoms with van der Waals surface area (Å²) < 4.78 is 22.8. The molecule has 0 aliphatic carbocycles. The number of aliphatic carboxylic acids is 1. The highest BCUT2D eigenvalue weighted by molar-refractivity contribution is 5.70. The van der Waals surface area contributed by atoms with Crippen LogP contribution in [-0.2, 0) is 33.3 Å². The van der Waals surface area contributed by atoms with Crippen LogP contribution in [0.3, 0.4) is 0 Å². The van der Waals surface area contributed by atoms with Crippen LogP contribution in [0.4, 0.5) is 0 Å². The van der Waals surface area contributed by atoms with Gasteiger partial charge in [-0.1, -0.05) is 365 Å². The van der Waals surface area contributed by atoms with Crippen LogP contribution in [-0.4, -0.2) is 82.3 Å². The third kappa shape index (κ3) is 71.0. The predicted molar refractivity (Wildman–Crippen MR) is 376 cm³/mol. The van der Waals surface area contributed by atoms with Gasteiger partial charge >= 0.3 is 11.9 Å². The molecule has 2 atom stereocenters. The molecular weight excluding hydrogens is 1090 g/mol. The lowest BCUT2D eigenvalue weighted by Crippen LogP contribution is -2.44. The van der Waals surface area contributed by atoms with Crippen molar-refractivity contribution in [3.05, 3.63) is 36.5 Å². The first kappa shape index (κ1) is 85.5. The molecular formula is C79H149NO8. The summed E-state index contributed by atoms with van der Waals surface area (Å²) in [4.78, 5) is 37.5. The second-order valence-corrected chi connectivity index (χ2v) is 27.7. The van der Waals surface area contributed by atoms with Gasteiger partial charge in [0.05, 0.1) is 40.3 Å². The molecule has 0 radical (unpaired) electrons. The predicted octanol–water partition coefficient (Wildman–Crippen LogP) is 23.0. The van der Waals surface area contributed by atoms with Crippen molar-refractivity contribution in [2.75, 3.05) is 47.5 Å². The number of allylic oxidation sites excluding steroid dienone is 6. The first-order valence-corrected chi connectivity index (χ1v) is 38.6. The van der Waals surface area contributed by atoms with Crippen molar-refractivity contribution < 1.29 is 42.9 Å². The van der Waals surface area contributed by atoms with Crippen molar-refractivity contribution in [3.63, 3.8) is 0 Å². The molecule has 0 amide bonds. The first-order valence-electron chi connectivity index (χ1n) is 38.6. The minimum absolute atomic E-state index is 0.148. The Morgan fingerprint density at radius 2 is 0.614 bits per heavy atom. The lowest BCUT2D eigenvalue weighted by atomic mass is 10.0.